The van der Waals surface area contributed by atoms with Gasteiger partial charge in [-0.3, -0.25) is 9.52 Å². The molecule has 2 aromatic carbocycles. The van der Waals surface area contributed by atoms with Gasteiger partial charge in [-0.25, -0.2) is 13.4 Å². The van der Waals surface area contributed by atoms with Crippen LogP contribution in [0.25, 0.3) is 11.3 Å². The van der Waals surface area contributed by atoms with Crippen LogP contribution in [0.5, 0.6) is 0 Å². The molecule has 4 N–H and O–H groups in total. The van der Waals surface area contributed by atoms with Crippen molar-refractivity contribution in [2.75, 3.05) is 16.3 Å². The lowest BCUT2D eigenvalue weighted by atomic mass is 10.1. The molecule has 0 aliphatic carbocycles. The molecule has 7 nitrogen and oxygen atoms in total. The Hall–Kier alpha value is -2.91. The van der Waals surface area contributed by atoms with Gasteiger partial charge in [0.15, 0.2) is 5.13 Å². The Balaban J connectivity index is 1.79. The number of primary amides is 1. The average Bonchev–Trinajstić information content (AvgIpc) is 3.04. The van der Waals surface area contributed by atoms with Crippen LogP contribution in [0.1, 0.15) is 15.9 Å². The summed E-state index contributed by atoms with van der Waals surface area (Å²) in [5.41, 5.74) is 9.61. The fourth-order valence-electron chi connectivity index (χ4n) is 2.41. The SMILES string of the molecule is Cc1ccc(C(N)=O)cc1Nc1nc(-c2ccc(NS(C)(=O)=O)cc2)cs1. The standard InChI is InChI=1S/C18H18N4O3S2/c1-11-3-4-13(17(19)23)9-15(11)20-18-21-16(10-26-18)12-5-7-14(8-6-12)22-27(2,24)25/h3-10,22H,1-2H3,(H2,19,23)(H,20,21). The highest BCUT2D eigenvalue weighted by molar-refractivity contribution is 7.92. The zero-order valence-corrected chi connectivity index (χ0v) is 16.3. The summed E-state index contributed by atoms with van der Waals surface area (Å²) in [7, 11) is -3.31. The number of amides is 1. The molecular weight excluding hydrogens is 384 g/mol. The Kier molecular flexibility index (Phi) is 5.15. The van der Waals surface area contributed by atoms with E-state index in [2.05, 4.69) is 15.0 Å². The third kappa shape index (κ3) is 4.83. The third-order valence-corrected chi connectivity index (χ3v) is 5.12. The van der Waals surface area contributed by atoms with E-state index < -0.39 is 15.9 Å². The molecule has 1 aromatic heterocycles. The lowest BCUT2D eigenvalue weighted by Gasteiger charge is -2.08. The normalized spacial score (nSPS) is 11.2. The van der Waals surface area contributed by atoms with Gasteiger partial charge < -0.3 is 11.1 Å². The average molecular weight is 403 g/mol. The zero-order valence-electron chi connectivity index (χ0n) is 14.7. The number of nitrogens with zero attached hydrogens (tertiary/aromatic N) is 1. The highest BCUT2D eigenvalue weighted by Gasteiger charge is 2.09. The van der Waals surface area contributed by atoms with Gasteiger partial charge >= 0.3 is 0 Å². The monoisotopic (exact) mass is 402 g/mol. The van der Waals surface area contributed by atoms with Crippen molar-refractivity contribution >= 4 is 43.8 Å². The molecular formula is C18H18N4O3S2. The fourth-order valence-corrected chi connectivity index (χ4v) is 3.71. The number of aryl methyl sites for hydroxylation is 1. The summed E-state index contributed by atoms with van der Waals surface area (Å²) in [6, 6.07) is 12.2. The van der Waals surface area contributed by atoms with Crippen molar-refractivity contribution in [1.29, 1.82) is 0 Å². The number of carbonyl (C=O) groups is 1. The molecule has 1 amide bonds. The molecule has 140 valence electrons. The second-order valence-corrected chi connectivity index (χ2v) is 8.61. The van der Waals surface area contributed by atoms with Crippen LogP contribution < -0.4 is 15.8 Å². The highest BCUT2D eigenvalue weighted by Crippen LogP contribution is 2.29. The number of hydrogen-bond donors (Lipinski definition) is 3. The Morgan fingerprint density at radius 3 is 2.48 bits per heavy atom. The minimum atomic E-state index is -3.31. The van der Waals surface area contributed by atoms with Gasteiger partial charge in [0.1, 0.15) is 0 Å². The number of nitrogens with two attached hydrogens (primary N) is 1. The van der Waals surface area contributed by atoms with Gasteiger partial charge in [-0.05, 0) is 36.8 Å². The molecule has 27 heavy (non-hydrogen) atoms. The Morgan fingerprint density at radius 1 is 1.15 bits per heavy atom. The molecule has 0 bridgehead atoms. The first-order valence-electron chi connectivity index (χ1n) is 7.92. The number of sulfonamides is 1. The van der Waals surface area contributed by atoms with E-state index in [0.717, 1.165) is 28.8 Å². The van der Waals surface area contributed by atoms with E-state index in [9.17, 15) is 13.2 Å². The van der Waals surface area contributed by atoms with Gasteiger partial charge in [0.25, 0.3) is 0 Å². The molecule has 0 fully saturated rings. The smallest absolute Gasteiger partial charge is 0.248 e. The van der Waals surface area contributed by atoms with Crippen molar-refractivity contribution in [3.63, 3.8) is 0 Å². The summed E-state index contributed by atoms with van der Waals surface area (Å²) in [4.78, 5) is 15.9. The largest absolute Gasteiger partial charge is 0.366 e. The van der Waals surface area contributed by atoms with Crippen LogP contribution in [0.3, 0.4) is 0 Å². The number of anilines is 3. The van der Waals surface area contributed by atoms with Gasteiger partial charge in [0.2, 0.25) is 15.9 Å². The molecule has 0 aliphatic rings. The van der Waals surface area contributed by atoms with Crippen molar-refractivity contribution < 1.29 is 13.2 Å². The van der Waals surface area contributed by atoms with Crippen LogP contribution in [-0.4, -0.2) is 25.6 Å². The molecule has 0 spiro atoms. The quantitative estimate of drug-likeness (QED) is 0.585. The van der Waals surface area contributed by atoms with Crippen LogP contribution in [0.15, 0.2) is 47.8 Å². The van der Waals surface area contributed by atoms with Gasteiger partial charge in [0, 0.05) is 27.9 Å². The molecule has 0 aliphatic heterocycles. The van der Waals surface area contributed by atoms with Crippen LogP contribution in [0.4, 0.5) is 16.5 Å². The number of hydrogen-bond acceptors (Lipinski definition) is 6. The summed E-state index contributed by atoms with van der Waals surface area (Å²) in [6.07, 6.45) is 1.11. The predicted molar refractivity (Wildman–Crippen MR) is 109 cm³/mol. The summed E-state index contributed by atoms with van der Waals surface area (Å²) < 4.78 is 25.0. The van der Waals surface area contributed by atoms with E-state index in [-0.39, 0.29) is 0 Å². The molecule has 0 atom stereocenters. The van der Waals surface area contributed by atoms with E-state index in [1.807, 2.05) is 18.4 Å². The molecule has 0 saturated heterocycles. The second kappa shape index (κ2) is 7.37. The second-order valence-electron chi connectivity index (χ2n) is 6.01. The molecule has 9 heteroatoms. The van der Waals surface area contributed by atoms with Crippen LogP contribution in [-0.2, 0) is 10.0 Å². The maximum absolute atomic E-state index is 11.4. The number of nitrogens with one attached hydrogen (secondary N) is 2. The van der Waals surface area contributed by atoms with Gasteiger partial charge in [-0.2, -0.15) is 0 Å². The Morgan fingerprint density at radius 2 is 1.85 bits per heavy atom. The highest BCUT2D eigenvalue weighted by atomic mass is 32.2. The zero-order chi connectivity index (χ0) is 19.6. The molecule has 0 radical (unpaired) electrons. The maximum atomic E-state index is 11.4. The molecule has 0 unspecified atom stereocenters. The van der Waals surface area contributed by atoms with Crippen LogP contribution >= 0.6 is 11.3 Å². The van der Waals surface area contributed by atoms with E-state index in [4.69, 9.17) is 5.73 Å². The third-order valence-electron chi connectivity index (χ3n) is 3.75. The Bertz CT molecular complexity index is 1090. The predicted octanol–water partition coefficient (Wildman–Crippen LogP) is 3.33. The minimum Gasteiger partial charge on any atom is -0.366 e. The van der Waals surface area contributed by atoms with E-state index in [1.54, 1.807) is 36.4 Å². The van der Waals surface area contributed by atoms with E-state index in [0.29, 0.717) is 16.4 Å². The molecule has 3 rings (SSSR count). The van der Waals surface area contributed by atoms with Gasteiger partial charge in [-0.1, -0.05) is 18.2 Å². The summed E-state index contributed by atoms with van der Waals surface area (Å²) in [6.45, 7) is 1.93. The number of rotatable bonds is 6. The van der Waals surface area contributed by atoms with Crippen molar-refractivity contribution in [1.82, 2.24) is 4.98 Å². The van der Waals surface area contributed by atoms with Crippen molar-refractivity contribution in [3.05, 3.63) is 59.0 Å². The number of benzene rings is 2. The number of thiazole rings is 1. The van der Waals surface area contributed by atoms with E-state index >= 15 is 0 Å². The maximum Gasteiger partial charge on any atom is 0.248 e. The van der Waals surface area contributed by atoms with Gasteiger partial charge in [-0.15, -0.1) is 11.3 Å². The summed E-state index contributed by atoms with van der Waals surface area (Å²) in [5, 5.41) is 5.78. The van der Waals surface area contributed by atoms with Gasteiger partial charge in [0.05, 0.1) is 11.9 Å². The molecule has 1 heterocycles. The minimum absolute atomic E-state index is 0.425. The summed E-state index contributed by atoms with van der Waals surface area (Å²) >= 11 is 1.43. The Labute approximate surface area is 161 Å². The lowest BCUT2D eigenvalue weighted by Crippen LogP contribution is -2.11. The molecule has 3 aromatic rings. The fraction of sp³-hybridized carbons (Fsp3) is 0.111. The van der Waals surface area contributed by atoms with Crippen molar-refractivity contribution in [2.24, 2.45) is 5.73 Å². The van der Waals surface area contributed by atoms with Crippen LogP contribution in [0.2, 0.25) is 0 Å². The van der Waals surface area contributed by atoms with Crippen molar-refractivity contribution in [2.45, 2.75) is 6.92 Å². The first kappa shape index (κ1) is 18.9. The first-order chi connectivity index (χ1) is 12.7. The first-order valence-corrected chi connectivity index (χ1v) is 10.7. The van der Waals surface area contributed by atoms with E-state index in [1.165, 1.54) is 11.3 Å². The summed E-state index contributed by atoms with van der Waals surface area (Å²) in [5.74, 6) is -0.485. The number of carbonyl (C=O) groups excluding carboxylic acids is 1. The van der Waals surface area contributed by atoms with Crippen LogP contribution in [0, 0.1) is 6.92 Å². The topological polar surface area (TPSA) is 114 Å². The molecule has 0 saturated carbocycles. The van der Waals surface area contributed by atoms with Crippen molar-refractivity contribution in [3.8, 4) is 11.3 Å². The lowest BCUT2D eigenvalue weighted by molar-refractivity contribution is 0.100. The number of aromatic nitrogens is 1.